The fourth-order valence-corrected chi connectivity index (χ4v) is 6.21. The molecule has 1 aliphatic rings. The minimum atomic E-state index is -3.54. The molecular weight excluding hydrogens is 426 g/mol. The van der Waals surface area contributed by atoms with Crippen molar-refractivity contribution < 1.29 is 13.2 Å². The smallest absolute Gasteiger partial charge is 0.244 e. The van der Waals surface area contributed by atoms with E-state index in [1.807, 2.05) is 16.8 Å². The van der Waals surface area contributed by atoms with Gasteiger partial charge in [-0.1, -0.05) is 31.0 Å². The van der Waals surface area contributed by atoms with E-state index >= 15 is 0 Å². The third-order valence-corrected chi connectivity index (χ3v) is 8.80. The van der Waals surface area contributed by atoms with Crippen LogP contribution in [0.5, 0.6) is 0 Å². The fourth-order valence-electron chi connectivity index (χ4n) is 3.40. The maximum atomic E-state index is 12.9. The quantitative estimate of drug-likeness (QED) is 0.568. The van der Waals surface area contributed by atoms with E-state index in [1.54, 1.807) is 42.5 Å². The molecule has 3 rings (SSSR count). The fraction of sp³-hybridized carbons (Fsp3) is 0.500. The van der Waals surface area contributed by atoms with Gasteiger partial charge in [-0.25, -0.2) is 13.4 Å². The summed E-state index contributed by atoms with van der Waals surface area (Å²) in [5, 5.41) is 4.66. The number of pyridine rings is 1. The van der Waals surface area contributed by atoms with Gasteiger partial charge in [0, 0.05) is 32.9 Å². The molecule has 0 aliphatic heterocycles. The molecule has 158 valence electrons. The lowest BCUT2D eigenvalue weighted by molar-refractivity contribution is -0.127. The van der Waals surface area contributed by atoms with Crippen LogP contribution in [0.2, 0.25) is 0 Å². The van der Waals surface area contributed by atoms with Crippen molar-refractivity contribution in [3.8, 4) is 0 Å². The second-order valence-corrected chi connectivity index (χ2v) is 11.1. The Morgan fingerprint density at radius 3 is 2.59 bits per heavy atom. The van der Waals surface area contributed by atoms with E-state index < -0.39 is 10.0 Å². The predicted molar refractivity (Wildman–Crippen MR) is 118 cm³/mol. The summed E-state index contributed by atoms with van der Waals surface area (Å²) in [6.07, 6.45) is 6.56. The molecule has 6 nitrogen and oxygen atoms in total. The van der Waals surface area contributed by atoms with E-state index in [1.165, 1.54) is 28.7 Å². The largest absolute Gasteiger partial charge is 0.341 e. The number of rotatable bonds is 8. The van der Waals surface area contributed by atoms with Crippen LogP contribution in [0.1, 0.15) is 37.7 Å². The van der Waals surface area contributed by atoms with Gasteiger partial charge in [-0.05, 0) is 47.4 Å². The molecule has 0 radical (unpaired) electrons. The van der Waals surface area contributed by atoms with Crippen LogP contribution in [0.3, 0.4) is 0 Å². The Morgan fingerprint density at radius 1 is 1.21 bits per heavy atom. The molecule has 2 heterocycles. The van der Waals surface area contributed by atoms with Crippen LogP contribution in [0.25, 0.3) is 0 Å². The molecule has 0 saturated heterocycles. The summed E-state index contributed by atoms with van der Waals surface area (Å²) in [6.45, 7) is 0.584. The number of amides is 1. The van der Waals surface area contributed by atoms with Crippen molar-refractivity contribution in [1.82, 2.24) is 14.2 Å². The summed E-state index contributed by atoms with van der Waals surface area (Å²) in [5.41, 5.74) is 1.12. The summed E-state index contributed by atoms with van der Waals surface area (Å²) < 4.78 is 27.2. The van der Waals surface area contributed by atoms with Crippen molar-refractivity contribution in [2.45, 2.75) is 54.6 Å². The lowest BCUT2D eigenvalue weighted by Gasteiger charge is -2.30. The summed E-state index contributed by atoms with van der Waals surface area (Å²) in [7, 11) is -0.0966. The molecule has 0 unspecified atom stereocenters. The molecule has 9 heteroatoms. The third kappa shape index (κ3) is 5.81. The molecule has 2 aromatic heterocycles. The number of thioether (sulfide) groups is 1. The van der Waals surface area contributed by atoms with Crippen molar-refractivity contribution in [2.75, 3.05) is 19.8 Å². The average Bonchev–Trinajstić information content (AvgIpc) is 3.25. The van der Waals surface area contributed by atoms with Crippen molar-refractivity contribution in [2.24, 2.45) is 0 Å². The van der Waals surface area contributed by atoms with E-state index in [0.717, 1.165) is 31.2 Å². The first-order valence-corrected chi connectivity index (χ1v) is 13.1. The van der Waals surface area contributed by atoms with Crippen LogP contribution in [0.15, 0.2) is 45.1 Å². The van der Waals surface area contributed by atoms with E-state index in [-0.39, 0.29) is 22.6 Å². The zero-order valence-electron chi connectivity index (χ0n) is 16.8. The van der Waals surface area contributed by atoms with Crippen molar-refractivity contribution in [3.05, 3.63) is 40.7 Å². The highest BCUT2D eigenvalue weighted by Gasteiger charge is 2.29. The van der Waals surface area contributed by atoms with Gasteiger partial charge in [0.15, 0.2) is 0 Å². The van der Waals surface area contributed by atoms with Crippen molar-refractivity contribution >= 4 is 39.0 Å². The first-order chi connectivity index (χ1) is 13.9. The Hall–Kier alpha value is -1.42. The van der Waals surface area contributed by atoms with Crippen LogP contribution >= 0.6 is 23.1 Å². The third-order valence-electron chi connectivity index (χ3n) is 5.24. The highest BCUT2D eigenvalue weighted by atomic mass is 32.2. The van der Waals surface area contributed by atoms with Gasteiger partial charge in [0.25, 0.3) is 0 Å². The van der Waals surface area contributed by atoms with Crippen LogP contribution in [-0.2, 0) is 21.4 Å². The zero-order valence-corrected chi connectivity index (χ0v) is 19.2. The minimum Gasteiger partial charge on any atom is -0.341 e. The number of aromatic nitrogens is 1. The summed E-state index contributed by atoms with van der Waals surface area (Å²) in [4.78, 5) is 18.5. The molecular formula is C20H27N3O3S3. The molecule has 29 heavy (non-hydrogen) atoms. The van der Waals surface area contributed by atoms with Crippen LogP contribution in [-0.4, -0.2) is 54.4 Å². The highest BCUT2D eigenvalue weighted by molar-refractivity contribution is 7.99. The van der Waals surface area contributed by atoms with Crippen LogP contribution < -0.4 is 0 Å². The van der Waals surface area contributed by atoms with Gasteiger partial charge in [0.05, 0.1) is 10.8 Å². The van der Waals surface area contributed by atoms with Gasteiger partial charge in [0.1, 0.15) is 4.90 Å². The standard InChI is InChI=1S/C20H27N3O3S3/c1-22(13-16-10-11-27-14-16)20(24)15-28-19-9-8-18(12-21-19)29(25,26)23(2)17-6-4-3-5-7-17/h8-12,14,17H,3-7,13,15H2,1-2H3. The number of sulfonamides is 1. The monoisotopic (exact) mass is 453 g/mol. The lowest BCUT2D eigenvalue weighted by atomic mass is 9.96. The van der Waals surface area contributed by atoms with Crippen molar-refractivity contribution in [3.63, 3.8) is 0 Å². The maximum Gasteiger partial charge on any atom is 0.244 e. The number of carbonyl (C=O) groups excluding carboxylic acids is 1. The molecule has 1 saturated carbocycles. The van der Waals surface area contributed by atoms with Gasteiger partial charge in [-0.15, -0.1) is 0 Å². The van der Waals surface area contributed by atoms with E-state index in [2.05, 4.69) is 4.98 Å². The predicted octanol–water partition coefficient (Wildman–Crippen LogP) is 3.85. The normalized spacial score (nSPS) is 15.6. The number of hydrogen-bond acceptors (Lipinski definition) is 6. The molecule has 0 aromatic carbocycles. The van der Waals surface area contributed by atoms with Gasteiger partial charge in [-0.2, -0.15) is 15.6 Å². The minimum absolute atomic E-state index is 0.0109. The summed E-state index contributed by atoms with van der Waals surface area (Å²) >= 11 is 2.93. The molecule has 1 aliphatic carbocycles. The van der Waals surface area contributed by atoms with Crippen molar-refractivity contribution in [1.29, 1.82) is 0 Å². The van der Waals surface area contributed by atoms with Crippen LogP contribution in [0.4, 0.5) is 0 Å². The highest BCUT2D eigenvalue weighted by Crippen LogP contribution is 2.27. The molecule has 0 spiro atoms. The molecule has 0 N–H and O–H groups in total. The topological polar surface area (TPSA) is 70.6 Å². The number of carbonyl (C=O) groups is 1. The van der Waals surface area contributed by atoms with E-state index in [0.29, 0.717) is 11.6 Å². The molecule has 1 fully saturated rings. The average molecular weight is 454 g/mol. The second kappa shape index (κ2) is 10.1. The molecule has 2 aromatic rings. The first-order valence-electron chi connectivity index (χ1n) is 9.70. The number of nitrogens with zero attached hydrogens (tertiary/aromatic N) is 3. The Kier molecular flexibility index (Phi) is 7.72. The van der Waals surface area contributed by atoms with Gasteiger partial charge < -0.3 is 4.90 Å². The van der Waals surface area contributed by atoms with Crippen LogP contribution in [0, 0.1) is 0 Å². The number of hydrogen-bond donors (Lipinski definition) is 0. The zero-order chi connectivity index (χ0) is 20.9. The molecule has 0 atom stereocenters. The lowest BCUT2D eigenvalue weighted by Crippen LogP contribution is -2.38. The van der Waals surface area contributed by atoms with Gasteiger partial charge in [0.2, 0.25) is 15.9 Å². The first kappa shape index (κ1) is 22.3. The molecule has 1 amide bonds. The Morgan fingerprint density at radius 2 is 1.97 bits per heavy atom. The Bertz CT molecular complexity index is 893. The number of thiophene rings is 1. The Labute approximate surface area is 181 Å². The van der Waals surface area contributed by atoms with E-state index in [9.17, 15) is 13.2 Å². The van der Waals surface area contributed by atoms with E-state index in [4.69, 9.17) is 0 Å². The SMILES string of the molecule is CN(Cc1ccsc1)C(=O)CSc1ccc(S(=O)(=O)N(C)C2CCCCC2)cn1. The summed E-state index contributed by atoms with van der Waals surface area (Å²) in [6, 6.07) is 5.34. The maximum absolute atomic E-state index is 12.9. The second-order valence-electron chi connectivity index (χ2n) is 7.32. The summed E-state index contributed by atoms with van der Waals surface area (Å²) in [5.74, 6) is 0.276. The molecule has 0 bridgehead atoms. The van der Waals surface area contributed by atoms with Gasteiger partial charge >= 0.3 is 0 Å². The van der Waals surface area contributed by atoms with Gasteiger partial charge in [-0.3, -0.25) is 4.79 Å². The Balaban J connectivity index is 1.55.